The monoisotopic (exact) mass is 311 g/mol. The highest BCUT2D eigenvalue weighted by molar-refractivity contribution is 6.70. The van der Waals surface area contributed by atoms with Crippen molar-refractivity contribution in [1.29, 1.82) is 0 Å². The van der Waals surface area contributed by atoms with E-state index >= 15 is 0 Å². The summed E-state index contributed by atoms with van der Waals surface area (Å²) in [5, 5.41) is 6.95. The number of nitrogens with zero attached hydrogens (tertiary/aromatic N) is 1. The van der Waals surface area contributed by atoms with E-state index in [1.54, 1.807) is 0 Å². The van der Waals surface area contributed by atoms with Gasteiger partial charge in [-0.05, 0) is 38.7 Å². The van der Waals surface area contributed by atoms with Crippen LogP contribution in [0.3, 0.4) is 0 Å². The van der Waals surface area contributed by atoms with Crippen molar-refractivity contribution < 1.29 is 0 Å². The van der Waals surface area contributed by atoms with Crippen LogP contribution in [0.15, 0.2) is 0 Å². The molecule has 2 aliphatic rings. The molecule has 2 atom stereocenters. The zero-order chi connectivity index (χ0) is 15.3. The van der Waals surface area contributed by atoms with E-state index in [-0.39, 0.29) is 0 Å². The van der Waals surface area contributed by atoms with E-state index in [0.717, 1.165) is 6.04 Å². The van der Waals surface area contributed by atoms with Gasteiger partial charge in [-0.15, -0.1) is 0 Å². The maximum atomic E-state index is 6.95. The Morgan fingerprint density at radius 1 is 1.05 bits per heavy atom. The summed E-state index contributed by atoms with van der Waals surface area (Å²) in [4.78, 5) is 3.95. The summed E-state index contributed by atoms with van der Waals surface area (Å²) in [5.74, 6) is 0. The lowest BCUT2D eigenvalue weighted by molar-refractivity contribution is 0.189. The fourth-order valence-corrected chi connectivity index (χ4v) is 7.87. The topological polar surface area (TPSA) is 41.3 Å². The van der Waals surface area contributed by atoms with Crippen molar-refractivity contribution in [2.45, 2.75) is 109 Å². The van der Waals surface area contributed by atoms with Crippen LogP contribution >= 0.6 is 0 Å². The first-order valence-corrected chi connectivity index (χ1v) is 11.9. The minimum Gasteiger partial charge on any atom is -0.327 e. The number of rotatable bonds is 6. The minimum atomic E-state index is -2.01. The number of nitrogens with two attached hydrogens (primary N) is 1. The third kappa shape index (κ3) is 4.78. The molecule has 0 aliphatic heterocycles. The van der Waals surface area contributed by atoms with Crippen molar-refractivity contribution >= 4 is 8.56 Å². The van der Waals surface area contributed by atoms with Crippen molar-refractivity contribution in [3.05, 3.63) is 0 Å². The second-order valence-electron chi connectivity index (χ2n) is 7.58. The Morgan fingerprint density at radius 2 is 1.57 bits per heavy atom. The van der Waals surface area contributed by atoms with Gasteiger partial charge in [0.15, 0.2) is 0 Å². The summed E-state index contributed by atoms with van der Waals surface area (Å²) in [6.45, 7) is 7.04. The van der Waals surface area contributed by atoms with E-state index in [4.69, 9.17) is 5.40 Å². The second-order valence-corrected chi connectivity index (χ2v) is 10.7. The fourth-order valence-electron chi connectivity index (χ4n) is 4.49. The molecule has 0 radical (unpaired) electrons. The summed E-state index contributed by atoms with van der Waals surface area (Å²) in [6.07, 6.45) is 15.0. The standard InChI is InChI=1S/C17H37N3Si/c1-4-15(2)20(17-13-9-6-10-14-17)21(3,18)19-16-11-7-5-8-12-16/h15-17,19H,4-14,18H2,1-3H3. The summed E-state index contributed by atoms with van der Waals surface area (Å²) >= 11 is 0. The highest BCUT2D eigenvalue weighted by atomic mass is 28.4. The van der Waals surface area contributed by atoms with Crippen molar-refractivity contribution in [3.8, 4) is 0 Å². The maximum Gasteiger partial charge on any atom is 0.278 e. The van der Waals surface area contributed by atoms with Crippen LogP contribution in [0.25, 0.3) is 0 Å². The molecular formula is C17H37N3Si. The summed E-state index contributed by atoms with van der Waals surface area (Å²) in [7, 11) is -2.01. The van der Waals surface area contributed by atoms with Gasteiger partial charge in [-0.25, -0.2) is 0 Å². The number of hydrogen-bond acceptors (Lipinski definition) is 3. The molecule has 124 valence electrons. The Bertz CT molecular complexity index is 296. The molecule has 0 bridgehead atoms. The number of hydrogen-bond donors (Lipinski definition) is 2. The van der Waals surface area contributed by atoms with Gasteiger partial charge in [0.1, 0.15) is 0 Å². The van der Waals surface area contributed by atoms with Crippen molar-refractivity contribution in [3.63, 3.8) is 0 Å². The van der Waals surface area contributed by atoms with Gasteiger partial charge in [-0.3, -0.25) is 4.57 Å². The van der Waals surface area contributed by atoms with Gasteiger partial charge in [0, 0.05) is 18.1 Å². The summed E-state index contributed by atoms with van der Waals surface area (Å²) < 4.78 is 2.75. The predicted octanol–water partition coefficient (Wildman–Crippen LogP) is 3.87. The molecule has 0 spiro atoms. The van der Waals surface area contributed by atoms with Crippen LogP contribution in [0, 0.1) is 0 Å². The third-order valence-electron chi connectivity index (χ3n) is 5.67. The van der Waals surface area contributed by atoms with Crippen molar-refractivity contribution in [2.75, 3.05) is 0 Å². The molecule has 2 unspecified atom stereocenters. The van der Waals surface area contributed by atoms with E-state index in [2.05, 4.69) is 29.9 Å². The molecule has 0 aromatic rings. The molecule has 0 aromatic heterocycles. The van der Waals surface area contributed by atoms with E-state index in [0.29, 0.717) is 12.1 Å². The van der Waals surface area contributed by atoms with Gasteiger partial charge in [0.05, 0.1) is 0 Å². The van der Waals surface area contributed by atoms with E-state index in [9.17, 15) is 0 Å². The van der Waals surface area contributed by atoms with Gasteiger partial charge in [-0.1, -0.05) is 52.4 Å². The molecule has 2 aliphatic carbocycles. The average Bonchev–Trinajstić information content (AvgIpc) is 2.48. The molecular weight excluding hydrogens is 274 g/mol. The molecule has 21 heavy (non-hydrogen) atoms. The highest BCUT2D eigenvalue weighted by Crippen LogP contribution is 2.28. The quantitative estimate of drug-likeness (QED) is 0.732. The molecule has 4 heteroatoms. The summed E-state index contributed by atoms with van der Waals surface area (Å²) in [6, 6.07) is 2.02. The fraction of sp³-hybridized carbons (Fsp3) is 1.00. The van der Waals surface area contributed by atoms with Crippen molar-refractivity contribution in [2.24, 2.45) is 5.40 Å². The van der Waals surface area contributed by atoms with Crippen LogP contribution in [-0.4, -0.2) is 31.2 Å². The Hall–Kier alpha value is 0.0969. The van der Waals surface area contributed by atoms with Crippen LogP contribution < -0.4 is 10.4 Å². The summed E-state index contributed by atoms with van der Waals surface area (Å²) in [5.41, 5.74) is 0. The van der Waals surface area contributed by atoms with Gasteiger partial charge in [0.25, 0.3) is 8.56 Å². The molecule has 2 rings (SSSR count). The molecule has 2 fully saturated rings. The Morgan fingerprint density at radius 3 is 2.10 bits per heavy atom. The first-order chi connectivity index (χ1) is 10.0. The van der Waals surface area contributed by atoms with Crippen LogP contribution in [0.5, 0.6) is 0 Å². The highest BCUT2D eigenvalue weighted by Gasteiger charge is 2.40. The Kier molecular flexibility index (Phi) is 6.72. The lowest BCUT2D eigenvalue weighted by atomic mass is 9.95. The molecule has 3 N–H and O–H groups in total. The number of nitrogens with one attached hydrogen (secondary N) is 1. The second kappa shape index (κ2) is 8.09. The van der Waals surface area contributed by atoms with E-state index in [1.807, 2.05) is 0 Å². The average molecular weight is 312 g/mol. The van der Waals surface area contributed by atoms with Gasteiger partial charge < -0.3 is 10.4 Å². The predicted molar refractivity (Wildman–Crippen MR) is 94.3 cm³/mol. The zero-order valence-electron chi connectivity index (χ0n) is 14.5. The first kappa shape index (κ1) is 17.5. The molecule has 0 aromatic carbocycles. The van der Waals surface area contributed by atoms with E-state index in [1.165, 1.54) is 70.6 Å². The minimum absolute atomic E-state index is 0.617. The Labute approximate surface area is 133 Å². The Balaban J connectivity index is 2.05. The van der Waals surface area contributed by atoms with E-state index < -0.39 is 8.56 Å². The van der Waals surface area contributed by atoms with Crippen LogP contribution in [-0.2, 0) is 0 Å². The maximum absolute atomic E-state index is 6.95. The molecule has 3 nitrogen and oxygen atoms in total. The van der Waals surface area contributed by atoms with Crippen LogP contribution in [0.4, 0.5) is 0 Å². The first-order valence-electron chi connectivity index (χ1n) is 9.39. The van der Waals surface area contributed by atoms with Crippen LogP contribution in [0.1, 0.15) is 84.5 Å². The molecule has 0 amide bonds. The smallest absolute Gasteiger partial charge is 0.278 e. The molecule has 0 heterocycles. The van der Waals surface area contributed by atoms with Crippen molar-refractivity contribution in [1.82, 2.24) is 9.55 Å². The molecule has 0 saturated heterocycles. The van der Waals surface area contributed by atoms with Gasteiger partial charge >= 0.3 is 0 Å². The molecule has 2 saturated carbocycles. The van der Waals surface area contributed by atoms with Crippen LogP contribution in [0.2, 0.25) is 6.55 Å². The largest absolute Gasteiger partial charge is 0.327 e. The SMILES string of the molecule is CCC(C)N(C1CCCCC1)[Si](C)(N)NC1CCCCC1. The normalized spacial score (nSPS) is 26.7. The zero-order valence-corrected chi connectivity index (χ0v) is 15.5. The third-order valence-corrected chi connectivity index (χ3v) is 8.54. The van der Waals surface area contributed by atoms with Gasteiger partial charge in [-0.2, -0.15) is 0 Å². The lowest BCUT2D eigenvalue weighted by Crippen LogP contribution is -2.75. The lowest BCUT2D eigenvalue weighted by Gasteiger charge is -2.48. The van der Waals surface area contributed by atoms with Gasteiger partial charge in [0.2, 0.25) is 0 Å².